The molecule has 1 saturated heterocycles. The molecule has 1 atom stereocenters. The van der Waals surface area contributed by atoms with E-state index in [0.29, 0.717) is 18.9 Å². The van der Waals surface area contributed by atoms with Crippen LogP contribution < -0.4 is 16.0 Å². The Labute approximate surface area is 151 Å². The fourth-order valence-electron chi connectivity index (χ4n) is 3.23. The van der Waals surface area contributed by atoms with Crippen LogP contribution in [0.4, 0.5) is 5.69 Å². The zero-order valence-corrected chi connectivity index (χ0v) is 15.7. The molecule has 1 aromatic carbocycles. The maximum atomic E-state index is 11.2. The number of nitrogens with zero attached hydrogens (tertiary/aromatic N) is 3. The maximum absolute atomic E-state index is 11.2. The van der Waals surface area contributed by atoms with Gasteiger partial charge in [-0.15, -0.1) is 0 Å². The standard InChI is InChI=1S/C19H31N5O/c1-4-21-19(24-10-6-8-16(14-24)12-18(20)25)22-13-15-7-5-9-17(11-15)23(2)3/h5,7,9,11,16H,4,6,8,10,12-14H2,1-3H3,(H2,20,25)(H,21,22). The summed E-state index contributed by atoms with van der Waals surface area (Å²) in [5.74, 6) is 1.04. The Morgan fingerprint density at radius 1 is 1.44 bits per heavy atom. The summed E-state index contributed by atoms with van der Waals surface area (Å²) in [4.78, 5) is 20.4. The number of hydrogen-bond acceptors (Lipinski definition) is 3. The predicted molar refractivity (Wildman–Crippen MR) is 104 cm³/mol. The zero-order chi connectivity index (χ0) is 18.2. The molecule has 0 spiro atoms. The fraction of sp³-hybridized carbons (Fsp3) is 0.579. The molecule has 0 saturated carbocycles. The van der Waals surface area contributed by atoms with Crippen LogP contribution in [0.2, 0.25) is 0 Å². The van der Waals surface area contributed by atoms with E-state index in [4.69, 9.17) is 10.7 Å². The molecule has 0 aliphatic carbocycles. The SMILES string of the molecule is CCNC(=NCc1cccc(N(C)C)c1)N1CCCC(CC(N)=O)C1. The quantitative estimate of drug-likeness (QED) is 0.609. The largest absolute Gasteiger partial charge is 0.378 e. The number of nitrogens with two attached hydrogens (primary N) is 1. The number of anilines is 1. The van der Waals surface area contributed by atoms with Gasteiger partial charge in [0.25, 0.3) is 0 Å². The van der Waals surface area contributed by atoms with E-state index in [1.807, 2.05) is 14.1 Å². The van der Waals surface area contributed by atoms with Crippen LogP contribution in [0.1, 0.15) is 31.7 Å². The van der Waals surface area contributed by atoms with Gasteiger partial charge in [-0.1, -0.05) is 12.1 Å². The van der Waals surface area contributed by atoms with Crippen molar-refractivity contribution >= 4 is 17.6 Å². The van der Waals surface area contributed by atoms with Crippen LogP contribution in [-0.4, -0.2) is 50.5 Å². The average Bonchev–Trinajstić information content (AvgIpc) is 2.58. The van der Waals surface area contributed by atoms with Crippen LogP contribution >= 0.6 is 0 Å². The van der Waals surface area contributed by atoms with E-state index in [0.717, 1.165) is 38.4 Å². The van der Waals surface area contributed by atoms with Crippen molar-refractivity contribution < 1.29 is 4.79 Å². The first-order valence-corrected chi connectivity index (χ1v) is 9.07. The van der Waals surface area contributed by atoms with Gasteiger partial charge in [-0.25, -0.2) is 4.99 Å². The lowest BCUT2D eigenvalue weighted by molar-refractivity contribution is -0.119. The summed E-state index contributed by atoms with van der Waals surface area (Å²) >= 11 is 0. The summed E-state index contributed by atoms with van der Waals surface area (Å²) in [5, 5.41) is 3.38. The van der Waals surface area contributed by atoms with Crippen LogP contribution in [0, 0.1) is 5.92 Å². The molecule has 1 aliphatic heterocycles. The molecular weight excluding hydrogens is 314 g/mol. The molecule has 1 fully saturated rings. The molecule has 6 heteroatoms. The molecule has 0 aromatic heterocycles. The van der Waals surface area contributed by atoms with E-state index in [-0.39, 0.29) is 5.91 Å². The number of primary amides is 1. The summed E-state index contributed by atoms with van der Waals surface area (Å²) < 4.78 is 0. The topological polar surface area (TPSA) is 74.0 Å². The summed E-state index contributed by atoms with van der Waals surface area (Å²) in [5.41, 5.74) is 7.73. The van der Waals surface area contributed by atoms with E-state index in [2.05, 4.69) is 46.3 Å². The molecule has 138 valence electrons. The normalized spacial score (nSPS) is 18.1. The lowest BCUT2D eigenvalue weighted by Gasteiger charge is -2.34. The number of likely N-dealkylation sites (tertiary alicyclic amines) is 1. The number of nitrogens with one attached hydrogen (secondary N) is 1. The molecule has 25 heavy (non-hydrogen) atoms. The average molecular weight is 345 g/mol. The first-order chi connectivity index (χ1) is 12.0. The van der Waals surface area contributed by atoms with E-state index >= 15 is 0 Å². The molecular formula is C19H31N5O. The highest BCUT2D eigenvalue weighted by Gasteiger charge is 2.23. The van der Waals surface area contributed by atoms with Gasteiger partial charge in [-0.3, -0.25) is 4.79 Å². The molecule has 6 nitrogen and oxygen atoms in total. The van der Waals surface area contributed by atoms with Gasteiger partial charge < -0.3 is 20.9 Å². The third-order valence-electron chi connectivity index (χ3n) is 4.48. The number of carbonyl (C=O) groups excluding carboxylic acids is 1. The second-order valence-corrected chi connectivity index (χ2v) is 6.86. The molecule has 3 N–H and O–H groups in total. The van der Waals surface area contributed by atoms with Gasteiger partial charge in [-0.05, 0) is 43.4 Å². The van der Waals surface area contributed by atoms with Crippen molar-refractivity contribution in [3.8, 4) is 0 Å². The van der Waals surface area contributed by atoms with Gasteiger partial charge in [0.05, 0.1) is 6.54 Å². The summed E-state index contributed by atoms with van der Waals surface area (Å²) in [6.45, 7) is 5.35. The van der Waals surface area contributed by atoms with Crippen molar-refractivity contribution in [1.82, 2.24) is 10.2 Å². The van der Waals surface area contributed by atoms with Gasteiger partial charge in [0.1, 0.15) is 0 Å². The summed E-state index contributed by atoms with van der Waals surface area (Å²) in [6.07, 6.45) is 2.59. The number of carbonyl (C=O) groups is 1. The number of piperidine rings is 1. The van der Waals surface area contributed by atoms with Gasteiger partial charge in [0.15, 0.2) is 5.96 Å². The Bertz CT molecular complexity index is 599. The number of benzene rings is 1. The van der Waals surface area contributed by atoms with Crippen LogP contribution in [0.5, 0.6) is 0 Å². The predicted octanol–water partition coefficient (Wildman–Crippen LogP) is 1.81. The Morgan fingerprint density at radius 3 is 2.92 bits per heavy atom. The lowest BCUT2D eigenvalue weighted by atomic mass is 9.95. The van der Waals surface area contributed by atoms with Crippen LogP contribution in [0.3, 0.4) is 0 Å². The van der Waals surface area contributed by atoms with E-state index < -0.39 is 0 Å². The molecule has 2 rings (SSSR count). The second kappa shape index (κ2) is 9.30. The number of amides is 1. The smallest absolute Gasteiger partial charge is 0.217 e. The van der Waals surface area contributed by atoms with Gasteiger partial charge in [0.2, 0.25) is 5.91 Å². The first-order valence-electron chi connectivity index (χ1n) is 9.07. The van der Waals surface area contributed by atoms with Gasteiger partial charge in [-0.2, -0.15) is 0 Å². The lowest BCUT2D eigenvalue weighted by Crippen LogP contribution is -2.47. The molecule has 1 amide bonds. The highest BCUT2D eigenvalue weighted by atomic mass is 16.1. The fourth-order valence-corrected chi connectivity index (χ4v) is 3.23. The van der Waals surface area contributed by atoms with Crippen LogP contribution in [-0.2, 0) is 11.3 Å². The highest BCUT2D eigenvalue weighted by Crippen LogP contribution is 2.20. The third kappa shape index (κ3) is 5.96. The minimum atomic E-state index is -0.214. The maximum Gasteiger partial charge on any atom is 0.217 e. The van der Waals surface area contributed by atoms with Crippen LogP contribution in [0.15, 0.2) is 29.3 Å². The number of guanidine groups is 1. The van der Waals surface area contributed by atoms with Crippen molar-refractivity contribution in [2.75, 3.05) is 38.6 Å². The van der Waals surface area contributed by atoms with Crippen molar-refractivity contribution in [2.24, 2.45) is 16.6 Å². The Balaban J connectivity index is 2.07. The van der Waals surface area contributed by atoms with E-state index in [1.54, 1.807) is 0 Å². The van der Waals surface area contributed by atoms with Gasteiger partial charge >= 0.3 is 0 Å². The number of hydrogen-bond donors (Lipinski definition) is 2. The van der Waals surface area contributed by atoms with Crippen LogP contribution in [0.25, 0.3) is 0 Å². The number of rotatable bonds is 6. The molecule has 1 aromatic rings. The third-order valence-corrected chi connectivity index (χ3v) is 4.48. The molecule has 0 radical (unpaired) electrons. The molecule has 1 unspecified atom stereocenters. The van der Waals surface area contributed by atoms with Crippen molar-refractivity contribution in [2.45, 2.75) is 32.7 Å². The van der Waals surface area contributed by atoms with E-state index in [9.17, 15) is 4.79 Å². The Hall–Kier alpha value is -2.24. The Kier molecular flexibility index (Phi) is 7.10. The second-order valence-electron chi connectivity index (χ2n) is 6.86. The van der Waals surface area contributed by atoms with Crippen molar-refractivity contribution in [1.29, 1.82) is 0 Å². The zero-order valence-electron chi connectivity index (χ0n) is 15.7. The minimum absolute atomic E-state index is 0.214. The molecule has 1 aliphatic rings. The molecule has 1 heterocycles. The monoisotopic (exact) mass is 345 g/mol. The Morgan fingerprint density at radius 2 is 2.24 bits per heavy atom. The summed E-state index contributed by atoms with van der Waals surface area (Å²) in [6, 6.07) is 8.43. The molecule has 0 bridgehead atoms. The minimum Gasteiger partial charge on any atom is -0.378 e. The van der Waals surface area contributed by atoms with Crippen molar-refractivity contribution in [3.05, 3.63) is 29.8 Å². The van der Waals surface area contributed by atoms with Crippen molar-refractivity contribution in [3.63, 3.8) is 0 Å². The summed E-state index contributed by atoms with van der Waals surface area (Å²) in [7, 11) is 4.08. The van der Waals surface area contributed by atoms with Gasteiger partial charge in [0, 0.05) is 45.8 Å². The highest BCUT2D eigenvalue weighted by molar-refractivity contribution is 5.80. The first kappa shape index (κ1) is 19.1. The number of aliphatic imine (C=N–C) groups is 1. The van der Waals surface area contributed by atoms with E-state index in [1.165, 1.54) is 11.3 Å².